The predicted octanol–water partition coefficient (Wildman–Crippen LogP) is 3.54. The van der Waals surface area contributed by atoms with Crippen molar-refractivity contribution < 1.29 is 0 Å². The van der Waals surface area contributed by atoms with Gasteiger partial charge in [0.25, 0.3) is 0 Å². The monoisotopic (exact) mass is 403 g/mol. The summed E-state index contributed by atoms with van der Waals surface area (Å²) in [7, 11) is 0. The number of nitrogens with two attached hydrogens (primary N) is 1. The molecule has 2 aromatic heterocycles. The van der Waals surface area contributed by atoms with Crippen LogP contribution in [0.3, 0.4) is 0 Å². The fourth-order valence-corrected chi connectivity index (χ4v) is 5.00. The Morgan fingerprint density at radius 2 is 2.07 bits per heavy atom. The highest BCUT2D eigenvalue weighted by atomic mass is 32.1. The Bertz CT molecular complexity index is 1100. The third kappa shape index (κ3) is 3.20. The van der Waals surface area contributed by atoms with E-state index >= 15 is 0 Å². The van der Waals surface area contributed by atoms with Crippen LogP contribution >= 0.6 is 11.3 Å². The lowest BCUT2D eigenvalue weighted by Crippen LogP contribution is -2.29. The standard InChI is InChI=1S/C21H21N7S/c1-13-18(28-11-14(9-10-22)7-8-16(28)25-13)21-26-17(15-5-3-2-4-6-15)19(29-21)20-23-12-24-27-20/h2-8,11-13,18H,9-10,22H2,1H3,(H,23,24,27). The Labute approximate surface area is 172 Å². The van der Waals surface area contributed by atoms with Gasteiger partial charge in [-0.1, -0.05) is 36.4 Å². The second kappa shape index (κ2) is 7.38. The van der Waals surface area contributed by atoms with Crippen LogP contribution < -0.4 is 5.73 Å². The number of aromatic amines is 1. The van der Waals surface area contributed by atoms with E-state index in [0.29, 0.717) is 6.54 Å². The van der Waals surface area contributed by atoms with Crippen LogP contribution in [0.25, 0.3) is 22.0 Å². The Balaban J connectivity index is 1.59. The summed E-state index contributed by atoms with van der Waals surface area (Å²) < 4.78 is 0. The first-order valence-electron chi connectivity index (χ1n) is 9.61. The van der Waals surface area contributed by atoms with Crippen molar-refractivity contribution in [2.45, 2.75) is 25.4 Å². The molecule has 4 heterocycles. The van der Waals surface area contributed by atoms with Gasteiger partial charge >= 0.3 is 0 Å². The molecular weight excluding hydrogens is 382 g/mol. The van der Waals surface area contributed by atoms with Gasteiger partial charge in [0.1, 0.15) is 23.2 Å². The molecule has 2 atom stereocenters. The molecule has 0 bridgehead atoms. The summed E-state index contributed by atoms with van der Waals surface area (Å²) in [6.07, 6.45) is 8.72. The van der Waals surface area contributed by atoms with Gasteiger partial charge in [-0.2, -0.15) is 5.10 Å². The van der Waals surface area contributed by atoms with E-state index in [9.17, 15) is 0 Å². The van der Waals surface area contributed by atoms with Gasteiger partial charge in [-0.25, -0.2) is 9.97 Å². The first kappa shape index (κ1) is 18.0. The Morgan fingerprint density at radius 3 is 2.83 bits per heavy atom. The number of aliphatic imine (C=N–C) groups is 1. The lowest BCUT2D eigenvalue weighted by Gasteiger charge is -2.26. The van der Waals surface area contributed by atoms with Gasteiger partial charge in [-0.15, -0.1) is 11.3 Å². The molecule has 3 N–H and O–H groups in total. The van der Waals surface area contributed by atoms with E-state index in [-0.39, 0.29) is 12.1 Å². The second-order valence-corrected chi connectivity index (χ2v) is 8.12. The zero-order chi connectivity index (χ0) is 19.8. The number of rotatable bonds is 5. The lowest BCUT2D eigenvalue weighted by molar-refractivity contribution is 0.400. The summed E-state index contributed by atoms with van der Waals surface area (Å²) in [5.41, 5.74) is 8.95. The van der Waals surface area contributed by atoms with Crippen LogP contribution in [-0.4, -0.2) is 43.5 Å². The minimum Gasteiger partial charge on any atom is -0.330 e. The van der Waals surface area contributed by atoms with Gasteiger partial charge in [0.2, 0.25) is 0 Å². The Kier molecular flexibility index (Phi) is 4.57. The summed E-state index contributed by atoms with van der Waals surface area (Å²) in [6.45, 7) is 2.76. The second-order valence-electron chi connectivity index (χ2n) is 7.09. The highest BCUT2D eigenvalue weighted by Crippen LogP contribution is 2.42. The van der Waals surface area contributed by atoms with Gasteiger partial charge in [0.05, 0.1) is 16.6 Å². The van der Waals surface area contributed by atoms with Crippen LogP contribution in [0.1, 0.15) is 24.4 Å². The molecule has 146 valence electrons. The lowest BCUT2D eigenvalue weighted by atomic mass is 10.1. The van der Waals surface area contributed by atoms with Gasteiger partial charge in [0, 0.05) is 11.8 Å². The van der Waals surface area contributed by atoms with Crippen molar-refractivity contribution in [3.63, 3.8) is 0 Å². The van der Waals surface area contributed by atoms with Crippen LogP contribution in [0.4, 0.5) is 0 Å². The maximum atomic E-state index is 5.76. The number of thiazole rings is 1. The van der Waals surface area contributed by atoms with E-state index in [0.717, 1.165) is 39.2 Å². The van der Waals surface area contributed by atoms with E-state index in [1.807, 2.05) is 18.2 Å². The van der Waals surface area contributed by atoms with E-state index < -0.39 is 0 Å². The Hall–Kier alpha value is -3.10. The molecule has 1 aromatic carbocycles. The third-order valence-electron chi connectivity index (χ3n) is 5.12. The third-order valence-corrected chi connectivity index (χ3v) is 6.25. The van der Waals surface area contributed by atoms with Crippen molar-refractivity contribution >= 4 is 17.2 Å². The van der Waals surface area contributed by atoms with Crippen LogP contribution in [0, 0.1) is 0 Å². The normalized spacial score (nSPS) is 20.6. The summed E-state index contributed by atoms with van der Waals surface area (Å²) in [5.74, 6) is 1.71. The smallest absolute Gasteiger partial charge is 0.167 e. The molecule has 0 amide bonds. The topological polar surface area (TPSA) is 96.1 Å². The van der Waals surface area contributed by atoms with Crippen LogP contribution in [0.5, 0.6) is 0 Å². The number of benzene rings is 1. The number of amidine groups is 1. The highest BCUT2D eigenvalue weighted by molar-refractivity contribution is 7.15. The van der Waals surface area contributed by atoms with Crippen molar-refractivity contribution in [1.82, 2.24) is 25.1 Å². The zero-order valence-electron chi connectivity index (χ0n) is 16.0. The predicted molar refractivity (Wildman–Crippen MR) is 115 cm³/mol. The van der Waals surface area contributed by atoms with Crippen LogP contribution in [0.2, 0.25) is 0 Å². The van der Waals surface area contributed by atoms with E-state index in [1.54, 1.807) is 11.3 Å². The van der Waals surface area contributed by atoms with Gasteiger partial charge in [0.15, 0.2) is 5.82 Å². The molecule has 2 aliphatic heterocycles. The number of fused-ring (bicyclic) bond motifs is 1. The van der Waals surface area contributed by atoms with Crippen molar-refractivity contribution in [2.24, 2.45) is 10.7 Å². The molecule has 0 spiro atoms. The van der Waals surface area contributed by atoms with E-state index in [4.69, 9.17) is 15.7 Å². The molecule has 0 saturated carbocycles. The number of hydrogen-bond acceptors (Lipinski definition) is 7. The van der Waals surface area contributed by atoms with E-state index in [1.165, 1.54) is 11.9 Å². The van der Waals surface area contributed by atoms with Crippen molar-refractivity contribution in [2.75, 3.05) is 6.54 Å². The number of nitrogens with one attached hydrogen (secondary N) is 1. The molecule has 29 heavy (non-hydrogen) atoms. The number of allylic oxidation sites excluding steroid dienone is 1. The minimum absolute atomic E-state index is 0.0480. The summed E-state index contributed by atoms with van der Waals surface area (Å²) in [5, 5.41) is 8.03. The number of nitrogens with zero attached hydrogens (tertiary/aromatic N) is 5. The quantitative estimate of drug-likeness (QED) is 0.679. The maximum absolute atomic E-state index is 5.76. The molecule has 2 unspecified atom stereocenters. The van der Waals surface area contributed by atoms with Gasteiger partial charge in [-0.05, 0) is 31.5 Å². The molecule has 3 aromatic rings. The Morgan fingerprint density at radius 1 is 1.21 bits per heavy atom. The van der Waals surface area contributed by atoms with Crippen molar-refractivity contribution in [3.8, 4) is 22.0 Å². The fraction of sp³-hybridized carbons (Fsp3) is 0.238. The number of aromatic nitrogens is 4. The van der Waals surface area contributed by atoms with Gasteiger partial charge in [-0.3, -0.25) is 10.1 Å². The molecular formula is C21H21N7S. The fourth-order valence-electron chi connectivity index (χ4n) is 3.77. The number of hydrogen-bond donors (Lipinski definition) is 2. The molecule has 0 aliphatic carbocycles. The molecule has 0 radical (unpaired) electrons. The first-order valence-corrected chi connectivity index (χ1v) is 10.4. The van der Waals surface area contributed by atoms with E-state index in [2.05, 4.69) is 57.5 Å². The maximum Gasteiger partial charge on any atom is 0.167 e. The molecule has 2 aliphatic rings. The van der Waals surface area contributed by atoms with Crippen LogP contribution in [0.15, 0.2) is 65.6 Å². The van der Waals surface area contributed by atoms with Gasteiger partial charge < -0.3 is 10.6 Å². The van der Waals surface area contributed by atoms with Crippen LogP contribution in [-0.2, 0) is 0 Å². The largest absolute Gasteiger partial charge is 0.330 e. The molecule has 0 saturated heterocycles. The summed E-state index contributed by atoms with van der Waals surface area (Å²) >= 11 is 1.65. The average Bonchev–Trinajstić information content (AvgIpc) is 3.46. The summed E-state index contributed by atoms with van der Waals surface area (Å²) in [6, 6.07) is 10.3. The summed E-state index contributed by atoms with van der Waals surface area (Å²) in [4.78, 5) is 17.5. The molecule has 5 rings (SSSR count). The van der Waals surface area contributed by atoms with Crippen molar-refractivity contribution in [1.29, 1.82) is 0 Å². The SMILES string of the molecule is CC1N=C2C=CC(CCN)=CN2C1c1nc(-c2ccccc2)c(-c2ncn[nH]2)s1. The first-order chi connectivity index (χ1) is 14.2. The minimum atomic E-state index is 0.0480. The van der Waals surface area contributed by atoms with Crippen molar-refractivity contribution in [3.05, 3.63) is 65.6 Å². The highest BCUT2D eigenvalue weighted by Gasteiger charge is 2.37. The molecule has 7 nitrogen and oxygen atoms in total. The molecule has 0 fully saturated rings. The number of H-pyrrole nitrogens is 1. The molecule has 8 heteroatoms. The average molecular weight is 404 g/mol. The zero-order valence-corrected chi connectivity index (χ0v) is 16.8.